The minimum atomic E-state index is -0.279. The second-order valence-corrected chi connectivity index (χ2v) is 6.33. The first-order valence-electron chi connectivity index (χ1n) is 9.10. The number of benzene rings is 2. The molecule has 0 atom stereocenters. The Morgan fingerprint density at radius 3 is 2.36 bits per heavy atom. The van der Waals surface area contributed by atoms with Gasteiger partial charge in [-0.25, -0.2) is 0 Å². The molecule has 8 heteroatoms. The van der Waals surface area contributed by atoms with E-state index >= 15 is 0 Å². The van der Waals surface area contributed by atoms with Crippen LogP contribution in [0.2, 0.25) is 0 Å². The van der Waals surface area contributed by atoms with Crippen LogP contribution < -0.4 is 4.74 Å². The Bertz CT molecular complexity index is 995. The van der Waals surface area contributed by atoms with E-state index in [2.05, 4.69) is 15.4 Å². The average molecular weight is 377 g/mol. The number of hydrogen-bond donors (Lipinski definition) is 0. The van der Waals surface area contributed by atoms with Gasteiger partial charge in [-0.15, -0.1) is 10.2 Å². The van der Waals surface area contributed by atoms with Crippen molar-refractivity contribution in [2.24, 2.45) is 0 Å². The molecule has 0 saturated heterocycles. The van der Waals surface area contributed by atoms with E-state index in [1.807, 2.05) is 31.2 Å². The predicted molar refractivity (Wildman–Crippen MR) is 100 cm³/mol. The molecule has 1 aromatic heterocycles. The number of hydrogen-bond acceptors (Lipinski definition) is 6. The molecule has 0 aliphatic carbocycles. The van der Waals surface area contributed by atoms with Crippen molar-refractivity contribution in [3.8, 4) is 5.75 Å². The second-order valence-electron chi connectivity index (χ2n) is 6.33. The summed E-state index contributed by atoms with van der Waals surface area (Å²) in [6, 6.07) is 14.5. The number of para-hydroxylation sites is 1. The van der Waals surface area contributed by atoms with Crippen molar-refractivity contribution < 1.29 is 14.3 Å². The molecule has 8 nitrogen and oxygen atoms in total. The van der Waals surface area contributed by atoms with Crippen molar-refractivity contribution in [2.75, 3.05) is 13.2 Å². The first-order valence-corrected chi connectivity index (χ1v) is 9.10. The number of amides is 2. The van der Waals surface area contributed by atoms with E-state index in [4.69, 9.17) is 4.74 Å². The smallest absolute Gasteiger partial charge is 0.261 e. The summed E-state index contributed by atoms with van der Waals surface area (Å²) in [6.45, 7) is 3.15. The fourth-order valence-corrected chi connectivity index (χ4v) is 3.18. The second kappa shape index (κ2) is 7.59. The van der Waals surface area contributed by atoms with Crippen LogP contribution in [0.3, 0.4) is 0 Å². The highest BCUT2D eigenvalue weighted by atomic mass is 16.5. The van der Waals surface area contributed by atoms with Gasteiger partial charge in [-0.05, 0) is 30.3 Å². The molecule has 4 rings (SSSR count). The maximum absolute atomic E-state index is 12.4. The number of rotatable bonds is 7. The lowest BCUT2D eigenvalue weighted by Gasteiger charge is -2.11. The van der Waals surface area contributed by atoms with Crippen LogP contribution >= 0.6 is 0 Å². The maximum atomic E-state index is 12.4. The highest BCUT2D eigenvalue weighted by Crippen LogP contribution is 2.22. The molecule has 0 N–H and O–H groups in total. The van der Waals surface area contributed by atoms with Crippen molar-refractivity contribution in [3.05, 3.63) is 71.0 Å². The first kappa shape index (κ1) is 17.8. The zero-order valence-electron chi connectivity index (χ0n) is 15.4. The minimum Gasteiger partial charge on any atom is -0.494 e. The standard InChI is InChI=1S/C20H19N5O3/c1-2-28-17-10-6-3-7-14(17)13-25-22-18(21-23-25)11-12-24-19(26)15-8-4-5-9-16(15)20(24)27/h3-10H,2,11-13H2,1H3. The lowest BCUT2D eigenvalue weighted by Crippen LogP contribution is -2.32. The number of ether oxygens (including phenoxy) is 1. The van der Waals surface area contributed by atoms with E-state index in [0.29, 0.717) is 36.5 Å². The van der Waals surface area contributed by atoms with Gasteiger partial charge in [0.25, 0.3) is 11.8 Å². The van der Waals surface area contributed by atoms with E-state index in [1.165, 1.54) is 9.70 Å². The quantitative estimate of drug-likeness (QED) is 0.585. The molecular formula is C20H19N5O3. The van der Waals surface area contributed by atoms with Gasteiger partial charge in [-0.2, -0.15) is 4.80 Å². The predicted octanol–water partition coefficient (Wildman–Crippen LogP) is 1.96. The van der Waals surface area contributed by atoms with Gasteiger partial charge in [-0.3, -0.25) is 14.5 Å². The Morgan fingerprint density at radius 2 is 1.64 bits per heavy atom. The zero-order chi connectivity index (χ0) is 19.5. The van der Waals surface area contributed by atoms with E-state index in [0.717, 1.165) is 11.3 Å². The maximum Gasteiger partial charge on any atom is 0.261 e. The van der Waals surface area contributed by atoms with E-state index in [9.17, 15) is 9.59 Å². The topological polar surface area (TPSA) is 90.2 Å². The molecule has 2 amide bonds. The number of tetrazole rings is 1. The van der Waals surface area contributed by atoms with E-state index < -0.39 is 0 Å². The van der Waals surface area contributed by atoms with E-state index in [1.54, 1.807) is 24.3 Å². The molecule has 1 aliphatic rings. The third-order valence-corrected chi connectivity index (χ3v) is 4.52. The number of imide groups is 1. The number of carbonyl (C=O) groups is 2. The van der Waals surface area contributed by atoms with Crippen LogP contribution in [0.5, 0.6) is 5.75 Å². The number of fused-ring (bicyclic) bond motifs is 1. The molecular weight excluding hydrogens is 358 g/mol. The molecule has 2 aromatic carbocycles. The lowest BCUT2D eigenvalue weighted by molar-refractivity contribution is 0.0655. The Labute approximate surface area is 161 Å². The fraction of sp³-hybridized carbons (Fsp3) is 0.250. The van der Waals surface area contributed by atoms with Crippen molar-refractivity contribution in [2.45, 2.75) is 19.9 Å². The summed E-state index contributed by atoms with van der Waals surface area (Å²) in [4.78, 5) is 27.5. The Balaban J connectivity index is 1.41. The van der Waals surface area contributed by atoms with Gasteiger partial charge in [0.1, 0.15) is 5.75 Å². The van der Waals surface area contributed by atoms with Crippen LogP contribution in [-0.2, 0) is 13.0 Å². The lowest BCUT2D eigenvalue weighted by atomic mass is 10.1. The third-order valence-electron chi connectivity index (χ3n) is 4.52. The molecule has 2 heterocycles. The van der Waals surface area contributed by atoms with Gasteiger partial charge in [0.15, 0.2) is 5.82 Å². The van der Waals surface area contributed by atoms with Crippen LogP contribution in [-0.4, -0.2) is 50.1 Å². The minimum absolute atomic E-state index is 0.216. The van der Waals surface area contributed by atoms with Crippen LogP contribution in [0.1, 0.15) is 39.0 Å². The van der Waals surface area contributed by atoms with Crippen LogP contribution in [0.4, 0.5) is 0 Å². The molecule has 0 bridgehead atoms. The SMILES string of the molecule is CCOc1ccccc1Cn1nnc(CCN2C(=O)c3ccccc3C2=O)n1. The average Bonchev–Trinajstić information content (AvgIpc) is 3.25. The fourth-order valence-electron chi connectivity index (χ4n) is 3.18. The molecule has 0 saturated carbocycles. The summed E-state index contributed by atoms with van der Waals surface area (Å²) in [5, 5.41) is 12.5. The summed E-state index contributed by atoms with van der Waals surface area (Å²) >= 11 is 0. The molecule has 0 fully saturated rings. The summed E-state index contributed by atoms with van der Waals surface area (Å²) in [7, 11) is 0. The Hall–Kier alpha value is -3.55. The van der Waals surface area contributed by atoms with Crippen molar-refractivity contribution in [3.63, 3.8) is 0 Å². The molecule has 28 heavy (non-hydrogen) atoms. The van der Waals surface area contributed by atoms with Crippen LogP contribution in [0.25, 0.3) is 0 Å². The van der Waals surface area contributed by atoms with Gasteiger partial charge in [0, 0.05) is 18.5 Å². The highest BCUT2D eigenvalue weighted by Gasteiger charge is 2.34. The first-order chi connectivity index (χ1) is 13.7. The third kappa shape index (κ3) is 3.36. The Kier molecular flexibility index (Phi) is 4.84. The highest BCUT2D eigenvalue weighted by molar-refractivity contribution is 6.21. The molecule has 1 aliphatic heterocycles. The zero-order valence-corrected chi connectivity index (χ0v) is 15.4. The number of nitrogens with zero attached hydrogens (tertiary/aromatic N) is 5. The summed E-state index contributed by atoms with van der Waals surface area (Å²) < 4.78 is 5.61. The molecule has 3 aromatic rings. The van der Waals surface area contributed by atoms with Crippen molar-refractivity contribution in [1.29, 1.82) is 0 Å². The van der Waals surface area contributed by atoms with E-state index in [-0.39, 0.29) is 18.4 Å². The largest absolute Gasteiger partial charge is 0.494 e. The van der Waals surface area contributed by atoms with Gasteiger partial charge in [-0.1, -0.05) is 30.3 Å². The number of aromatic nitrogens is 4. The van der Waals surface area contributed by atoms with Crippen molar-refractivity contribution >= 4 is 11.8 Å². The van der Waals surface area contributed by atoms with Gasteiger partial charge >= 0.3 is 0 Å². The van der Waals surface area contributed by atoms with Crippen molar-refractivity contribution in [1.82, 2.24) is 25.1 Å². The molecule has 0 spiro atoms. The normalized spacial score (nSPS) is 13.1. The monoisotopic (exact) mass is 377 g/mol. The summed E-state index contributed by atoms with van der Waals surface area (Å²) in [6.07, 6.45) is 0.346. The summed E-state index contributed by atoms with van der Waals surface area (Å²) in [5.41, 5.74) is 1.84. The van der Waals surface area contributed by atoms with Gasteiger partial charge in [0.05, 0.1) is 24.3 Å². The molecule has 0 unspecified atom stereocenters. The van der Waals surface area contributed by atoms with Crippen LogP contribution in [0.15, 0.2) is 48.5 Å². The number of carbonyl (C=O) groups excluding carboxylic acids is 2. The molecule has 142 valence electrons. The summed E-state index contributed by atoms with van der Waals surface area (Å²) in [5.74, 6) is 0.706. The molecule has 0 radical (unpaired) electrons. The van der Waals surface area contributed by atoms with Crippen LogP contribution in [0, 0.1) is 0 Å². The van der Waals surface area contributed by atoms with Gasteiger partial charge in [0.2, 0.25) is 0 Å². The Morgan fingerprint density at radius 1 is 0.964 bits per heavy atom. The van der Waals surface area contributed by atoms with Gasteiger partial charge < -0.3 is 4.74 Å².